The molecular formula is C19H20N2O4. The first-order chi connectivity index (χ1) is 12.2. The molecule has 130 valence electrons. The van der Waals surface area contributed by atoms with Crippen LogP contribution in [0.25, 0.3) is 11.0 Å². The normalized spacial score (nSPS) is 16.2. The Morgan fingerprint density at radius 2 is 2.00 bits per heavy atom. The minimum Gasteiger partial charge on any atom is -0.492 e. The molecule has 6 heteroatoms. The molecule has 1 fully saturated rings. The van der Waals surface area contributed by atoms with Gasteiger partial charge in [-0.2, -0.15) is 5.26 Å². The number of methoxy groups -OCH3 is 1. The number of furan rings is 1. The average molecular weight is 340 g/mol. The van der Waals surface area contributed by atoms with E-state index >= 15 is 0 Å². The number of nitriles is 1. The number of ether oxygens (including phenoxy) is 1. The minimum atomic E-state index is -1.45. The second-order valence-corrected chi connectivity index (χ2v) is 6.23. The Balaban J connectivity index is 1.85. The zero-order valence-electron chi connectivity index (χ0n) is 14.1. The maximum atomic E-state index is 12.8. The molecule has 1 atom stereocenters. The number of fused-ring (bicyclic) bond motifs is 1. The van der Waals surface area contributed by atoms with E-state index in [1.807, 2.05) is 6.07 Å². The Morgan fingerprint density at radius 1 is 1.28 bits per heavy atom. The lowest BCUT2D eigenvalue weighted by Crippen LogP contribution is -2.42. The highest BCUT2D eigenvalue weighted by molar-refractivity contribution is 6.14. The molecule has 0 radical (unpaired) electrons. The van der Waals surface area contributed by atoms with Crippen LogP contribution < -0.4 is 10.1 Å². The van der Waals surface area contributed by atoms with Gasteiger partial charge in [-0.1, -0.05) is 31.4 Å². The molecule has 1 N–H and O–H groups in total. The fourth-order valence-corrected chi connectivity index (χ4v) is 3.29. The van der Waals surface area contributed by atoms with Crippen molar-refractivity contribution in [1.29, 1.82) is 5.26 Å². The van der Waals surface area contributed by atoms with Crippen molar-refractivity contribution in [3.8, 4) is 11.8 Å². The summed E-state index contributed by atoms with van der Waals surface area (Å²) < 4.78 is 10.9. The number of carbonyl (C=O) groups excluding carboxylic acids is 2. The maximum absolute atomic E-state index is 12.8. The average Bonchev–Trinajstić information content (AvgIpc) is 3.01. The number of hydrogen-bond acceptors (Lipinski definition) is 5. The van der Waals surface area contributed by atoms with Crippen LogP contribution in [0.15, 0.2) is 28.7 Å². The predicted molar refractivity (Wildman–Crippen MR) is 91.2 cm³/mol. The number of ketones is 1. The summed E-state index contributed by atoms with van der Waals surface area (Å²) in [4.78, 5) is 25.2. The van der Waals surface area contributed by atoms with Gasteiger partial charge < -0.3 is 14.5 Å². The Kier molecular flexibility index (Phi) is 5.03. The summed E-state index contributed by atoms with van der Waals surface area (Å²) in [6.45, 7) is 0. The summed E-state index contributed by atoms with van der Waals surface area (Å²) in [5, 5.41) is 12.8. The van der Waals surface area contributed by atoms with Crippen molar-refractivity contribution < 1.29 is 18.7 Å². The van der Waals surface area contributed by atoms with Crippen LogP contribution in [0, 0.1) is 17.2 Å². The smallest absolute Gasteiger partial charge is 0.245 e. The molecule has 1 aliphatic carbocycles. The van der Waals surface area contributed by atoms with E-state index in [1.165, 1.54) is 7.11 Å². The molecular weight excluding hydrogens is 320 g/mol. The molecule has 1 aromatic heterocycles. The van der Waals surface area contributed by atoms with Gasteiger partial charge in [0.2, 0.25) is 17.5 Å². The summed E-state index contributed by atoms with van der Waals surface area (Å²) in [7, 11) is 1.43. The summed E-state index contributed by atoms with van der Waals surface area (Å²) in [6.07, 6.45) is 5.02. The van der Waals surface area contributed by atoms with Crippen molar-refractivity contribution in [2.45, 2.75) is 38.1 Å². The van der Waals surface area contributed by atoms with Crippen LogP contribution in [0.4, 0.5) is 0 Å². The van der Waals surface area contributed by atoms with E-state index in [9.17, 15) is 14.9 Å². The molecule has 1 aliphatic rings. The highest BCUT2D eigenvalue weighted by atomic mass is 16.5. The van der Waals surface area contributed by atoms with Gasteiger partial charge in [-0.15, -0.1) is 0 Å². The van der Waals surface area contributed by atoms with Gasteiger partial charge in [-0.25, -0.2) is 0 Å². The number of Topliss-reactive ketones (excluding diaryl/α,β-unsaturated/α-hetero) is 1. The summed E-state index contributed by atoms with van der Waals surface area (Å²) in [6, 6.07) is 8.88. The van der Waals surface area contributed by atoms with Gasteiger partial charge in [0.25, 0.3) is 0 Å². The van der Waals surface area contributed by atoms with Crippen molar-refractivity contribution in [1.82, 2.24) is 5.32 Å². The SMILES string of the molecule is COc1c(C(=O)C(C#N)C(=O)NC2CCCCC2)oc2ccccc12. The van der Waals surface area contributed by atoms with Gasteiger partial charge in [0.05, 0.1) is 18.6 Å². The van der Waals surface area contributed by atoms with Crippen molar-refractivity contribution in [3.05, 3.63) is 30.0 Å². The number of rotatable bonds is 5. The molecule has 1 amide bonds. The number of nitrogens with one attached hydrogen (secondary N) is 1. The van der Waals surface area contributed by atoms with E-state index in [0.29, 0.717) is 11.0 Å². The van der Waals surface area contributed by atoms with E-state index in [2.05, 4.69) is 5.32 Å². The number of nitrogens with zero attached hydrogens (tertiary/aromatic N) is 1. The van der Waals surface area contributed by atoms with Crippen molar-refractivity contribution >= 4 is 22.7 Å². The van der Waals surface area contributed by atoms with Crippen LogP contribution in [0.3, 0.4) is 0 Å². The quantitative estimate of drug-likeness (QED) is 0.666. The van der Waals surface area contributed by atoms with Gasteiger partial charge in [0.15, 0.2) is 11.7 Å². The number of hydrogen-bond donors (Lipinski definition) is 1. The standard InChI is InChI=1S/C19H20N2O4/c1-24-17-13-9-5-6-10-15(13)25-18(17)16(22)14(11-20)19(23)21-12-7-3-2-4-8-12/h5-6,9-10,12,14H,2-4,7-8H2,1H3,(H,21,23). The lowest BCUT2D eigenvalue weighted by atomic mass is 9.94. The molecule has 0 spiro atoms. The third-order valence-corrected chi connectivity index (χ3v) is 4.58. The van der Waals surface area contributed by atoms with Crippen LogP contribution in [0.2, 0.25) is 0 Å². The molecule has 1 aromatic carbocycles. The molecule has 2 aromatic rings. The second kappa shape index (κ2) is 7.39. The second-order valence-electron chi connectivity index (χ2n) is 6.23. The lowest BCUT2D eigenvalue weighted by Gasteiger charge is -2.23. The molecule has 0 saturated heterocycles. The van der Waals surface area contributed by atoms with E-state index in [-0.39, 0.29) is 17.6 Å². The Morgan fingerprint density at radius 3 is 2.68 bits per heavy atom. The maximum Gasteiger partial charge on any atom is 0.245 e. The highest BCUT2D eigenvalue weighted by Crippen LogP contribution is 2.34. The van der Waals surface area contributed by atoms with Crippen molar-refractivity contribution in [3.63, 3.8) is 0 Å². The van der Waals surface area contributed by atoms with Crippen LogP contribution in [0.1, 0.15) is 42.7 Å². The highest BCUT2D eigenvalue weighted by Gasteiger charge is 2.34. The molecule has 1 heterocycles. The Bertz CT molecular complexity index is 828. The number of amides is 1. The summed E-state index contributed by atoms with van der Waals surface area (Å²) in [5.41, 5.74) is 0.479. The monoisotopic (exact) mass is 340 g/mol. The van der Waals surface area contributed by atoms with Gasteiger partial charge in [-0.3, -0.25) is 9.59 Å². The zero-order valence-corrected chi connectivity index (χ0v) is 14.1. The predicted octanol–water partition coefficient (Wildman–Crippen LogP) is 3.21. The van der Waals surface area contributed by atoms with Gasteiger partial charge >= 0.3 is 0 Å². The van der Waals surface area contributed by atoms with E-state index < -0.39 is 17.6 Å². The van der Waals surface area contributed by atoms with Crippen LogP contribution in [-0.2, 0) is 4.79 Å². The molecule has 0 bridgehead atoms. The van der Waals surface area contributed by atoms with E-state index in [1.54, 1.807) is 24.3 Å². The molecule has 0 aliphatic heterocycles. The van der Waals surface area contributed by atoms with Crippen molar-refractivity contribution in [2.24, 2.45) is 5.92 Å². The largest absolute Gasteiger partial charge is 0.492 e. The molecule has 25 heavy (non-hydrogen) atoms. The van der Waals surface area contributed by atoms with Gasteiger partial charge in [0, 0.05) is 6.04 Å². The van der Waals surface area contributed by atoms with E-state index in [4.69, 9.17) is 9.15 Å². The van der Waals surface area contributed by atoms with E-state index in [0.717, 1.165) is 32.1 Å². The zero-order chi connectivity index (χ0) is 17.8. The molecule has 6 nitrogen and oxygen atoms in total. The summed E-state index contributed by atoms with van der Waals surface area (Å²) >= 11 is 0. The molecule has 1 saturated carbocycles. The van der Waals surface area contributed by atoms with Gasteiger partial charge in [-0.05, 0) is 25.0 Å². The van der Waals surface area contributed by atoms with Gasteiger partial charge in [0.1, 0.15) is 5.58 Å². The number of carbonyl (C=O) groups is 2. The fourth-order valence-electron chi connectivity index (χ4n) is 3.29. The molecule has 3 rings (SSSR count). The number of para-hydroxylation sites is 1. The third kappa shape index (κ3) is 3.36. The molecule has 1 unspecified atom stereocenters. The third-order valence-electron chi connectivity index (χ3n) is 4.58. The van der Waals surface area contributed by atoms with Crippen LogP contribution >= 0.6 is 0 Å². The summed E-state index contributed by atoms with van der Waals surface area (Å²) in [5.74, 6) is -2.53. The topological polar surface area (TPSA) is 92.3 Å². The lowest BCUT2D eigenvalue weighted by molar-refractivity contribution is -0.123. The Labute approximate surface area is 145 Å². The first kappa shape index (κ1) is 17.0. The van der Waals surface area contributed by atoms with Crippen molar-refractivity contribution in [2.75, 3.05) is 7.11 Å². The first-order valence-electron chi connectivity index (χ1n) is 8.45. The fraction of sp³-hybridized carbons (Fsp3) is 0.421. The van der Waals surface area contributed by atoms with Crippen LogP contribution in [-0.4, -0.2) is 24.8 Å². The minimum absolute atomic E-state index is 0.0301. The van der Waals surface area contributed by atoms with Crippen LogP contribution in [0.5, 0.6) is 5.75 Å². The number of benzene rings is 1. The first-order valence-corrected chi connectivity index (χ1v) is 8.45. The Hall–Kier alpha value is -2.81.